The Labute approximate surface area is 170 Å². The third-order valence-corrected chi connectivity index (χ3v) is 5.64. The highest BCUT2D eigenvalue weighted by Crippen LogP contribution is 2.42. The molecule has 0 amide bonds. The van der Waals surface area contributed by atoms with E-state index in [4.69, 9.17) is 10.5 Å². The molecule has 2 aromatic carbocycles. The summed E-state index contributed by atoms with van der Waals surface area (Å²) in [6.45, 7) is 4.68. The zero-order chi connectivity index (χ0) is 19.8. The van der Waals surface area contributed by atoms with Gasteiger partial charge < -0.3 is 15.0 Å². The van der Waals surface area contributed by atoms with Crippen molar-refractivity contribution in [3.63, 3.8) is 0 Å². The average molecular weight is 383 g/mol. The Hall–Kier alpha value is -3.34. The molecule has 2 heterocycles. The highest BCUT2D eigenvalue weighted by atomic mass is 16.5. The minimum atomic E-state index is 0.417. The van der Waals surface area contributed by atoms with Crippen LogP contribution in [-0.2, 0) is 6.61 Å². The number of aromatic nitrogens is 3. The fourth-order valence-corrected chi connectivity index (χ4v) is 4.03. The number of fused-ring (bicyclic) bond motifs is 1. The van der Waals surface area contributed by atoms with E-state index in [-0.39, 0.29) is 0 Å². The smallest absolute Gasteiger partial charge is 0.146 e. The molecule has 1 saturated carbocycles. The molecule has 0 aliphatic heterocycles. The van der Waals surface area contributed by atoms with E-state index in [9.17, 15) is 0 Å². The van der Waals surface area contributed by atoms with Gasteiger partial charge in [0.25, 0.3) is 0 Å². The molecule has 0 saturated heterocycles. The van der Waals surface area contributed by atoms with E-state index in [1.54, 1.807) is 0 Å². The van der Waals surface area contributed by atoms with Crippen LogP contribution in [0.4, 0.5) is 5.82 Å². The van der Waals surface area contributed by atoms with E-state index in [1.165, 1.54) is 6.33 Å². The van der Waals surface area contributed by atoms with E-state index >= 15 is 0 Å². The van der Waals surface area contributed by atoms with Crippen molar-refractivity contribution in [1.29, 1.82) is 0 Å². The van der Waals surface area contributed by atoms with Crippen molar-refractivity contribution in [3.8, 4) is 16.9 Å². The summed E-state index contributed by atoms with van der Waals surface area (Å²) in [6.07, 6.45) is 5.82. The van der Waals surface area contributed by atoms with Gasteiger partial charge in [0.15, 0.2) is 0 Å². The lowest BCUT2D eigenvalue weighted by Gasteiger charge is -2.34. The first-order valence-corrected chi connectivity index (χ1v) is 9.90. The average Bonchev–Trinajstić information content (AvgIpc) is 3.11. The zero-order valence-electron chi connectivity index (χ0n) is 16.2. The predicted molar refractivity (Wildman–Crippen MR) is 115 cm³/mol. The van der Waals surface area contributed by atoms with Crippen LogP contribution >= 0.6 is 0 Å². The maximum atomic E-state index is 6.26. The molecule has 0 atom stereocenters. The van der Waals surface area contributed by atoms with Crippen LogP contribution in [0.5, 0.6) is 5.75 Å². The van der Waals surface area contributed by atoms with Crippen molar-refractivity contribution in [3.05, 3.63) is 79.6 Å². The van der Waals surface area contributed by atoms with E-state index in [1.807, 2.05) is 30.3 Å². The number of hydrogen-bond donors (Lipinski definition) is 1. The van der Waals surface area contributed by atoms with E-state index in [2.05, 4.69) is 51.9 Å². The Morgan fingerprint density at radius 3 is 2.69 bits per heavy atom. The molecule has 0 bridgehead atoms. The summed E-state index contributed by atoms with van der Waals surface area (Å²) in [4.78, 5) is 8.77. The first kappa shape index (κ1) is 17.7. The van der Waals surface area contributed by atoms with Gasteiger partial charge in [-0.1, -0.05) is 49.4 Å². The number of anilines is 1. The summed E-state index contributed by atoms with van der Waals surface area (Å²) in [5.74, 6) is 1.84. The van der Waals surface area contributed by atoms with E-state index in [0.29, 0.717) is 24.4 Å². The second-order valence-electron chi connectivity index (χ2n) is 7.70. The maximum absolute atomic E-state index is 6.26. The Kier molecular flexibility index (Phi) is 4.43. The van der Waals surface area contributed by atoms with Crippen molar-refractivity contribution < 1.29 is 4.74 Å². The topological polar surface area (TPSA) is 66.0 Å². The molecule has 1 aliphatic carbocycles. The van der Waals surface area contributed by atoms with Crippen molar-refractivity contribution in [2.75, 3.05) is 5.73 Å². The van der Waals surface area contributed by atoms with Crippen LogP contribution in [0.15, 0.2) is 67.1 Å². The van der Waals surface area contributed by atoms with Crippen LogP contribution in [-0.4, -0.2) is 14.5 Å². The quantitative estimate of drug-likeness (QED) is 0.524. The predicted octanol–water partition coefficient (Wildman–Crippen LogP) is 5.04. The van der Waals surface area contributed by atoms with Gasteiger partial charge in [0.2, 0.25) is 0 Å². The summed E-state index contributed by atoms with van der Waals surface area (Å²) in [6, 6.07) is 18.7. The molecule has 5 nitrogen and oxygen atoms in total. The van der Waals surface area contributed by atoms with E-state index in [0.717, 1.165) is 46.3 Å². The summed E-state index contributed by atoms with van der Waals surface area (Å²) in [5, 5.41) is 0.903. The minimum Gasteiger partial charge on any atom is -0.489 e. The molecule has 1 fully saturated rings. The fraction of sp³-hybridized carbons (Fsp3) is 0.208. The van der Waals surface area contributed by atoms with Crippen molar-refractivity contribution in [2.24, 2.45) is 5.92 Å². The van der Waals surface area contributed by atoms with Gasteiger partial charge in [-0.3, -0.25) is 0 Å². The maximum Gasteiger partial charge on any atom is 0.146 e. The fourth-order valence-electron chi connectivity index (χ4n) is 4.03. The monoisotopic (exact) mass is 383 g/mol. The highest BCUT2D eigenvalue weighted by Gasteiger charge is 2.29. The largest absolute Gasteiger partial charge is 0.489 e. The molecule has 5 heteroatoms. The van der Waals surface area contributed by atoms with Gasteiger partial charge >= 0.3 is 0 Å². The lowest BCUT2D eigenvalue weighted by Crippen LogP contribution is -2.24. The molecule has 2 N–H and O–H groups in total. The first-order valence-electron chi connectivity index (χ1n) is 9.90. The number of nitrogens with zero attached hydrogens (tertiary/aromatic N) is 3. The minimum absolute atomic E-state index is 0.417. The van der Waals surface area contributed by atoms with Crippen LogP contribution < -0.4 is 10.5 Å². The number of hydrogen-bond acceptors (Lipinski definition) is 4. The van der Waals surface area contributed by atoms with Gasteiger partial charge in [-0.2, -0.15) is 0 Å². The molecule has 0 unspecified atom stereocenters. The molecule has 145 valence electrons. The molecular weight excluding hydrogens is 360 g/mol. The lowest BCUT2D eigenvalue weighted by atomic mass is 9.82. The lowest BCUT2D eigenvalue weighted by molar-refractivity contribution is 0.245. The zero-order valence-corrected chi connectivity index (χ0v) is 16.2. The summed E-state index contributed by atoms with van der Waals surface area (Å²) >= 11 is 0. The van der Waals surface area contributed by atoms with Crippen LogP contribution in [0, 0.1) is 12.8 Å². The van der Waals surface area contributed by atoms with Gasteiger partial charge in [0.05, 0.1) is 5.39 Å². The molecule has 4 aromatic rings. The van der Waals surface area contributed by atoms with Gasteiger partial charge in [0.1, 0.15) is 30.1 Å². The standard InChI is InChI=1S/C24H23N4O/c1-16-10-19(11-16)28-13-21(22-23(25)26-15-27-24(22)28)18-8-5-9-20(12-18)29-14-17-6-3-2-4-7-17/h2-9,12-13,15-16,19H,1,10-11,14H2,(H2,25,26,27)/t16-,19-. The third-order valence-electron chi connectivity index (χ3n) is 5.64. The highest BCUT2D eigenvalue weighted by molar-refractivity contribution is 6.00. The second kappa shape index (κ2) is 7.24. The van der Waals surface area contributed by atoms with Gasteiger partial charge in [-0.25, -0.2) is 9.97 Å². The summed E-state index contributed by atoms with van der Waals surface area (Å²) in [5.41, 5.74) is 10.4. The summed E-state index contributed by atoms with van der Waals surface area (Å²) < 4.78 is 8.26. The number of ether oxygens (including phenoxy) is 1. The molecular formula is C24H23N4O. The van der Waals surface area contributed by atoms with Crippen LogP contribution in [0.3, 0.4) is 0 Å². The van der Waals surface area contributed by atoms with Crippen LogP contribution in [0.25, 0.3) is 22.2 Å². The summed E-state index contributed by atoms with van der Waals surface area (Å²) in [7, 11) is 0. The molecule has 0 spiro atoms. The molecule has 5 rings (SSSR count). The molecule has 2 aromatic heterocycles. The van der Waals surface area contributed by atoms with Gasteiger partial charge in [-0.15, -0.1) is 0 Å². The van der Waals surface area contributed by atoms with Gasteiger partial charge in [-0.05, 0) is 42.0 Å². The molecule has 1 aliphatic rings. The number of nitrogen functional groups attached to an aromatic ring is 1. The number of benzene rings is 2. The number of nitrogens with two attached hydrogens (primary N) is 1. The Morgan fingerprint density at radius 2 is 1.90 bits per heavy atom. The Bertz CT molecular complexity index is 1150. The molecule has 29 heavy (non-hydrogen) atoms. The Morgan fingerprint density at radius 1 is 1.07 bits per heavy atom. The van der Waals surface area contributed by atoms with Crippen molar-refractivity contribution in [1.82, 2.24) is 14.5 Å². The van der Waals surface area contributed by atoms with Crippen LogP contribution in [0.2, 0.25) is 0 Å². The normalized spacial score (nSPS) is 18.5. The first-order chi connectivity index (χ1) is 14.2. The third kappa shape index (κ3) is 3.33. The van der Waals surface area contributed by atoms with Gasteiger partial charge in [0, 0.05) is 17.8 Å². The van der Waals surface area contributed by atoms with Crippen LogP contribution in [0.1, 0.15) is 24.4 Å². The van der Waals surface area contributed by atoms with Crippen molar-refractivity contribution in [2.45, 2.75) is 25.5 Å². The Balaban J connectivity index is 1.50. The SMILES string of the molecule is [CH2][C@H]1C[C@H](n2cc(-c3cccc(OCc4ccccc4)c3)c3c(N)ncnc32)C1. The van der Waals surface area contributed by atoms with Crippen molar-refractivity contribution >= 4 is 16.9 Å². The van der Waals surface area contributed by atoms with E-state index < -0.39 is 0 Å². The molecule has 1 radical (unpaired) electrons. The second-order valence-corrected chi connectivity index (χ2v) is 7.70. The number of rotatable bonds is 5.